The van der Waals surface area contributed by atoms with Crippen molar-refractivity contribution >= 4 is 27.0 Å². The summed E-state index contributed by atoms with van der Waals surface area (Å²) in [4.78, 5) is 8.48. The molecule has 2 N–H and O–H groups in total. The predicted molar refractivity (Wildman–Crippen MR) is 84.3 cm³/mol. The molecule has 3 aromatic rings. The summed E-state index contributed by atoms with van der Waals surface area (Å²) in [5.41, 5.74) is 9.34. The van der Waals surface area contributed by atoms with E-state index in [1.807, 2.05) is 24.3 Å². The van der Waals surface area contributed by atoms with Gasteiger partial charge < -0.3 is 5.73 Å². The van der Waals surface area contributed by atoms with Crippen LogP contribution in [0.1, 0.15) is 17.2 Å². The van der Waals surface area contributed by atoms with Crippen LogP contribution in [0.15, 0.2) is 53.3 Å². The Morgan fingerprint density at radius 1 is 1.05 bits per heavy atom. The minimum absolute atomic E-state index is 0.250. The summed E-state index contributed by atoms with van der Waals surface area (Å²) >= 11 is 3.25. The topological polar surface area (TPSA) is 51.8 Å². The number of halogens is 2. The third kappa shape index (κ3) is 3.09. The maximum absolute atomic E-state index is 13.9. The van der Waals surface area contributed by atoms with E-state index in [0.717, 1.165) is 21.1 Å². The molecular formula is C16H13BrFN3. The van der Waals surface area contributed by atoms with Gasteiger partial charge in [0.05, 0.1) is 11.0 Å². The second-order valence-corrected chi connectivity index (χ2v) is 5.77. The molecule has 1 atom stereocenters. The Hall–Kier alpha value is -1.85. The molecule has 2 aromatic carbocycles. The molecule has 1 aromatic heterocycles. The molecule has 3 nitrogen and oxygen atoms in total. The van der Waals surface area contributed by atoms with E-state index in [0.29, 0.717) is 12.0 Å². The summed E-state index contributed by atoms with van der Waals surface area (Å²) in [5.74, 6) is -0.250. The van der Waals surface area contributed by atoms with E-state index in [4.69, 9.17) is 5.73 Å². The maximum atomic E-state index is 13.9. The van der Waals surface area contributed by atoms with Crippen LogP contribution in [0.2, 0.25) is 0 Å². The zero-order valence-corrected chi connectivity index (χ0v) is 12.7. The molecule has 1 unspecified atom stereocenters. The Morgan fingerprint density at radius 3 is 2.57 bits per heavy atom. The lowest BCUT2D eigenvalue weighted by Crippen LogP contribution is -2.14. The first-order valence-corrected chi connectivity index (χ1v) is 7.33. The molecule has 3 rings (SSSR count). The second-order valence-electron chi connectivity index (χ2n) is 4.85. The Bertz CT molecular complexity index is 791. The summed E-state index contributed by atoms with van der Waals surface area (Å²) in [6, 6.07) is 10.4. The molecule has 0 fully saturated rings. The normalized spacial score (nSPS) is 12.5. The van der Waals surface area contributed by atoms with Crippen molar-refractivity contribution in [2.75, 3.05) is 0 Å². The summed E-state index contributed by atoms with van der Waals surface area (Å²) in [7, 11) is 0. The molecule has 106 valence electrons. The van der Waals surface area contributed by atoms with Crippen molar-refractivity contribution in [2.45, 2.75) is 12.5 Å². The summed E-state index contributed by atoms with van der Waals surface area (Å²) < 4.78 is 14.6. The van der Waals surface area contributed by atoms with Gasteiger partial charge in [-0.25, -0.2) is 4.39 Å². The smallest absolute Gasteiger partial charge is 0.127 e. The highest BCUT2D eigenvalue weighted by Gasteiger charge is 2.11. The fourth-order valence-electron chi connectivity index (χ4n) is 2.25. The van der Waals surface area contributed by atoms with Gasteiger partial charge in [-0.3, -0.25) is 9.97 Å². The molecule has 0 saturated carbocycles. The lowest BCUT2D eigenvalue weighted by Gasteiger charge is -2.13. The van der Waals surface area contributed by atoms with Gasteiger partial charge in [0.2, 0.25) is 0 Å². The van der Waals surface area contributed by atoms with Crippen molar-refractivity contribution in [3.8, 4) is 0 Å². The van der Waals surface area contributed by atoms with Crippen LogP contribution in [0, 0.1) is 5.82 Å². The third-order valence-electron chi connectivity index (χ3n) is 3.38. The molecule has 0 spiro atoms. The minimum atomic E-state index is -0.285. The first kappa shape index (κ1) is 14.1. The highest BCUT2D eigenvalue weighted by atomic mass is 79.9. The Morgan fingerprint density at radius 2 is 1.81 bits per heavy atom. The van der Waals surface area contributed by atoms with Crippen LogP contribution < -0.4 is 5.73 Å². The van der Waals surface area contributed by atoms with E-state index >= 15 is 0 Å². The van der Waals surface area contributed by atoms with Gasteiger partial charge in [0.25, 0.3) is 0 Å². The quantitative estimate of drug-likeness (QED) is 0.785. The van der Waals surface area contributed by atoms with Crippen molar-refractivity contribution in [2.24, 2.45) is 5.73 Å². The first-order chi connectivity index (χ1) is 10.1. The van der Waals surface area contributed by atoms with Crippen LogP contribution in [0.3, 0.4) is 0 Å². The van der Waals surface area contributed by atoms with Gasteiger partial charge in [0, 0.05) is 22.9 Å². The number of aromatic nitrogens is 2. The average molecular weight is 346 g/mol. The monoisotopic (exact) mass is 345 g/mol. The maximum Gasteiger partial charge on any atom is 0.127 e. The number of nitrogens with zero attached hydrogens (tertiary/aromatic N) is 2. The van der Waals surface area contributed by atoms with Crippen molar-refractivity contribution in [3.05, 3.63) is 70.2 Å². The Balaban J connectivity index is 1.87. The van der Waals surface area contributed by atoms with E-state index in [2.05, 4.69) is 25.9 Å². The standard InChI is InChI=1S/C16H13BrFN3/c17-12-3-1-10(13(18)9-12)7-14(19)11-2-4-15-16(8-11)21-6-5-20-15/h1-6,8-9,14H,7,19H2. The molecule has 0 aliphatic rings. The predicted octanol–water partition coefficient (Wildman–Crippen LogP) is 3.77. The number of nitrogens with two attached hydrogens (primary N) is 1. The van der Waals surface area contributed by atoms with Crippen LogP contribution in [0.25, 0.3) is 11.0 Å². The van der Waals surface area contributed by atoms with E-state index in [1.54, 1.807) is 18.5 Å². The lowest BCUT2D eigenvalue weighted by molar-refractivity contribution is 0.592. The third-order valence-corrected chi connectivity index (χ3v) is 3.87. The molecule has 0 saturated heterocycles. The Labute approximate surface area is 130 Å². The van der Waals surface area contributed by atoms with E-state index in [1.165, 1.54) is 6.07 Å². The van der Waals surface area contributed by atoms with Crippen molar-refractivity contribution < 1.29 is 4.39 Å². The molecule has 0 aliphatic heterocycles. The minimum Gasteiger partial charge on any atom is -0.324 e. The first-order valence-electron chi connectivity index (χ1n) is 6.53. The van der Waals surface area contributed by atoms with Crippen LogP contribution in [-0.2, 0) is 6.42 Å². The number of fused-ring (bicyclic) bond motifs is 1. The number of rotatable bonds is 3. The van der Waals surface area contributed by atoms with Crippen LogP contribution in [-0.4, -0.2) is 9.97 Å². The fourth-order valence-corrected chi connectivity index (χ4v) is 2.59. The van der Waals surface area contributed by atoms with Crippen molar-refractivity contribution in [3.63, 3.8) is 0 Å². The van der Waals surface area contributed by atoms with Gasteiger partial charge in [-0.2, -0.15) is 0 Å². The molecule has 5 heteroatoms. The molecule has 0 amide bonds. The van der Waals surface area contributed by atoms with Crippen molar-refractivity contribution in [1.82, 2.24) is 9.97 Å². The zero-order valence-electron chi connectivity index (χ0n) is 11.1. The number of hydrogen-bond donors (Lipinski definition) is 1. The van der Waals surface area contributed by atoms with Crippen LogP contribution in [0.4, 0.5) is 4.39 Å². The van der Waals surface area contributed by atoms with E-state index < -0.39 is 0 Å². The molecule has 0 bridgehead atoms. The second kappa shape index (κ2) is 5.87. The largest absolute Gasteiger partial charge is 0.324 e. The van der Waals surface area contributed by atoms with Gasteiger partial charge >= 0.3 is 0 Å². The molecule has 1 heterocycles. The van der Waals surface area contributed by atoms with Gasteiger partial charge in [0.15, 0.2) is 0 Å². The highest BCUT2D eigenvalue weighted by Crippen LogP contribution is 2.22. The van der Waals surface area contributed by atoms with Gasteiger partial charge in [-0.15, -0.1) is 0 Å². The van der Waals surface area contributed by atoms with Crippen LogP contribution in [0.5, 0.6) is 0 Å². The summed E-state index contributed by atoms with van der Waals surface area (Å²) in [6.07, 6.45) is 3.73. The van der Waals surface area contributed by atoms with Crippen molar-refractivity contribution in [1.29, 1.82) is 0 Å². The zero-order chi connectivity index (χ0) is 14.8. The van der Waals surface area contributed by atoms with E-state index in [9.17, 15) is 4.39 Å². The highest BCUT2D eigenvalue weighted by molar-refractivity contribution is 9.10. The summed E-state index contributed by atoms with van der Waals surface area (Å²) in [5, 5.41) is 0. The summed E-state index contributed by atoms with van der Waals surface area (Å²) in [6.45, 7) is 0. The molecular weight excluding hydrogens is 333 g/mol. The van der Waals surface area contributed by atoms with E-state index in [-0.39, 0.29) is 11.9 Å². The average Bonchev–Trinajstić information content (AvgIpc) is 2.49. The number of hydrogen-bond acceptors (Lipinski definition) is 3. The Kier molecular flexibility index (Phi) is 3.94. The molecule has 0 radical (unpaired) electrons. The molecule has 0 aliphatic carbocycles. The van der Waals surface area contributed by atoms with Crippen LogP contribution >= 0.6 is 15.9 Å². The fraction of sp³-hybridized carbons (Fsp3) is 0.125. The van der Waals surface area contributed by atoms with Gasteiger partial charge in [-0.05, 0) is 41.8 Å². The van der Waals surface area contributed by atoms with Gasteiger partial charge in [-0.1, -0.05) is 28.1 Å². The lowest BCUT2D eigenvalue weighted by atomic mass is 9.99. The SMILES string of the molecule is NC(Cc1ccc(Br)cc1F)c1ccc2nccnc2c1. The van der Waals surface area contributed by atoms with Gasteiger partial charge in [0.1, 0.15) is 5.82 Å². The molecule has 21 heavy (non-hydrogen) atoms. The number of benzene rings is 2.